The van der Waals surface area contributed by atoms with Crippen molar-refractivity contribution >= 4 is 15.9 Å². The van der Waals surface area contributed by atoms with E-state index in [4.69, 9.17) is 0 Å². The second kappa shape index (κ2) is 5.63. The van der Waals surface area contributed by atoms with Crippen LogP contribution >= 0.6 is 15.9 Å². The third-order valence-corrected chi connectivity index (χ3v) is 3.77. The molecule has 2 rings (SSSR count). The van der Waals surface area contributed by atoms with Crippen LogP contribution in [0.4, 0.5) is 8.78 Å². The smallest absolute Gasteiger partial charge is 0.144 e. The van der Waals surface area contributed by atoms with Crippen LogP contribution in [0.15, 0.2) is 16.6 Å². The number of hydrogen-bond donors (Lipinski definition) is 1. The molecule has 2 unspecified atom stereocenters. The predicted molar refractivity (Wildman–Crippen MR) is 71.4 cm³/mol. The van der Waals surface area contributed by atoms with E-state index < -0.39 is 11.6 Å². The zero-order chi connectivity index (χ0) is 13.3. The van der Waals surface area contributed by atoms with E-state index in [1.54, 1.807) is 0 Å². The van der Waals surface area contributed by atoms with Crippen molar-refractivity contribution in [3.8, 4) is 0 Å². The summed E-state index contributed by atoms with van der Waals surface area (Å²) in [6.07, 6.45) is 0. The van der Waals surface area contributed by atoms with Gasteiger partial charge in [-0.2, -0.15) is 0 Å². The monoisotopic (exact) mass is 318 g/mol. The summed E-state index contributed by atoms with van der Waals surface area (Å²) in [5, 5.41) is 3.40. The van der Waals surface area contributed by atoms with E-state index in [1.165, 1.54) is 12.1 Å². The van der Waals surface area contributed by atoms with E-state index in [-0.39, 0.29) is 5.56 Å². The summed E-state index contributed by atoms with van der Waals surface area (Å²) < 4.78 is 27.9. The quantitative estimate of drug-likeness (QED) is 0.843. The number of benzene rings is 1. The molecule has 0 amide bonds. The first kappa shape index (κ1) is 13.9. The molecule has 0 spiro atoms. The summed E-state index contributed by atoms with van der Waals surface area (Å²) in [7, 11) is 0. The summed E-state index contributed by atoms with van der Waals surface area (Å²) in [6, 6.07) is 3.38. The topological polar surface area (TPSA) is 15.3 Å². The Morgan fingerprint density at radius 3 is 2.50 bits per heavy atom. The first-order valence-electron chi connectivity index (χ1n) is 6.08. The summed E-state index contributed by atoms with van der Waals surface area (Å²) in [5.74, 6) is -0.969. The maximum Gasteiger partial charge on any atom is 0.144 e. The van der Waals surface area contributed by atoms with Gasteiger partial charge in [0, 0.05) is 37.3 Å². The van der Waals surface area contributed by atoms with Crippen molar-refractivity contribution in [2.45, 2.75) is 32.5 Å². The van der Waals surface area contributed by atoms with Crippen LogP contribution in [0.1, 0.15) is 19.4 Å². The van der Waals surface area contributed by atoms with E-state index in [2.05, 4.69) is 40.0 Å². The molecule has 1 saturated heterocycles. The molecule has 0 saturated carbocycles. The molecule has 5 heteroatoms. The number of hydrogen-bond acceptors (Lipinski definition) is 2. The van der Waals surface area contributed by atoms with Crippen LogP contribution in [0.5, 0.6) is 0 Å². The molecule has 1 heterocycles. The zero-order valence-electron chi connectivity index (χ0n) is 10.5. The fourth-order valence-electron chi connectivity index (χ4n) is 2.51. The molecule has 1 aromatic carbocycles. The molecule has 1 fully saturated rings. The van der Waals surface area contributed by atoms with Gasteiger partial charge in [-0.1, -0.05) is 0 Å². The van der Waals surface area contributed by atoms with Crippen LogP contribution in [0.25, 0.3) is 0 Å². The molecule has 0 aromatic heterocycles. The highest BCUT2D eigenvalue weighted by molar-refractivity contribution is 9.10. The van der Waals surface area contributed by atoms with Gasteiger partial charge in [-0.3, -0.25) is 4.90 Å². The van der Waals surface area contributed by atoms with Gasteiger partial charge < -0.3 is 5.32 Å². The highest BCUT2D eigenvalue weighted by Gasteiger charge is 2.23. The van der Waals surface area contributed by atoms with Crippen molar-refractivity contribution in [2.24, 2.45) is 0 Å². The minimum Gasteiger partial charge on any atom is -0.309 e. The van der Waals surface area contributed by atoms with E-state index in [0.717, 1.165) is 13.1 Å². The first-order chi connectivity index (χ1) is 8.47. The molecule has 2 atom stereocenters. The fourth-order valence-corrected chi connectivity index (χ4v) is 2.88. The van der Waals surface area contributed by atoms with Crippen LogP contribution < -0.4 is 5.32 Å². The number of nitrogens with one attached hydrogen (secondary N) is 1. The molecule has 1 aliphatic heterocycles. The highest BCUT2D eigenvalue weighted by Crippen LogP contribution is 2.23. The maximum atomic E-state index is 13.9. The van der Waals surface area contributed by atoms with Gasteiger partial charge >= 0.3 is 0 Å². The van der Waals surface area contributed by atoms with Gasteiger partial charge in [0.2, 0.25) is 0 Å². The van der Waals surface area contributed by atoms with E-state index in [0.29, 0.717) is 23.1 Å². The van der Waals surface area contributed by atoms with Gasteiger partial charge in [-0.05, 0) is 41.9 Å². The molecular weight excluding hydrogens is 302 g/mol. The van der Waals surface area contributed by atoms with Crippen molar-refractivity contribution in [3.63, 3.8) is 0 Å². The van der Waals surface area contributed by atoms with Gasteiger partial charge in [0.1, 0.15) is 11.6 Å². The molecule has 18 heavy (non-hydrogen) atoms. The normalized spacial score (nSPS) is 25.4. The predicted octanol–water partition coefficient (Wildman–Crippen LogP) is 2.91. The third-order valence-electron chi connectivity index (χ3n) is 3.15. The van der Waals surface area contributed by atoms with Crippen LogP contribution in [0.2, 0.25) is 0 Å². The van der Waals surface area contributed by atoms with Crippen molar-refractivity contribution < 1.29 is 8.78 Å². The van der Waals surface area contributed by atoms with Crippen molar-refractivity contribution in [1.29, 1.82) is 0 Å². The summed E-state index contributed by atoms with van der Waals surface area (Å²) in [4.78, 5) is 2.08. The molecule has 0 bridgehead atoms. The lowest BCUT2D eigenvalue weighted by Gasteiger charge is -2.36. The molecule has 1 N–H and O–H groups in total. The Bertz CT molecular complexity index is 429. The molecule has 1 aromatic rings. The number of piperazine rings is 1. The standard InChI is InChI=1S/C13H17BrF2N2/c1-8-5-18(6-9(2)17-8)7-10-12(15)4-3-11(14)13(10)16/h3-4,8-9,17H,5-7H2,1-2H3. The molecule has 1 aliphatic rings. The third kappa shape index (κ3) is 3.08. The first-order valence-corrected chi connectivity index (χ1v) is 6.87. The van der Waals surface area contributed by atoms with Crippen molar-refractivity contribution in [1.82, 2.24) is 10.2 Å². The van der Waals surface area contributed by atoms with Crippen molar-refractivity contribution in [2.75, 3.05) is 13.1 Å². The summed E-state index contributed by atoms with van der Waals surface area (Å²) >= 11 is 3.10. The lowest BCUT2D eigenvalue weighted by Crippen LogP contribution is -2.53. The lowest BCUT2D eigenvalue weighted by molar-refractivity contribution is 0.163. The Labute approximate surface area is 114 Å². The highest BCUT2D eigenvalue weighted by atomic mass is 79.9. The van der Waals surface area contributed by atoms with Crippen LogP contribution in [0, 0.1) is 11.6 Å². The van der Waals surface area contributed by atoms with Gasteiger partial charge in [0.05, 0.1) is 4.47 Å². The second-order valence-corrected chi connectivity index (χ2v) is 5.84. The van der Waals surface area contributed by atoms with Crippen LogP contribution in [0.3, 0.4) is 0 Å². The maximum absolute atomic E-state index is 13.9. The average molecular weight is 319 g/mol. The lowest BCUT2D eigenvalue weighted by atomic mass is 10.1. The largest absolute Gasteiger partial charge is 0.309 e. The van der Waals surface area contributed by atoms with Crippen LogP contribution in [-0.2, 0) is 6.54 Å². The van der Waals surface area contributed by atoms with Gasteiger partial charge in [0.25, 0.3) is 0 Å². The van der Waals surface area contributed by atoms with E-state index in [1.807, 2.05) is 0 Å². The molecule has 0 aliphatic carbocycles. The van der Waals surface area contributed by atoms with E-state index >= 15 is 0 Å². The Hall–Kier alpha value is -0.520. The van der Waals surface area contributed by atoms with Crippen molar-refractivity contribution in [3.05, 3.63) is 33.8 Å². The Morgan fingerprint density at radius 1 is 1.28 bits per heavy atom. The molecular formula is C13H17BrF2N2. The number of nitrogens with zero attached hydrogens (tertiary/aromatic N) is 1. The second-order valence-electron chi connectivity index (χ2n) is 4.98. The van der Waals surface area contributed by atoms with Gasteiger partial charge in [-0.25, -0.2) is 8.78 Å². The van der Waals surface area contributed by atoms with E-state index in [9.17, 15) is 8.78 Å². The van der Waals surface area contributed by atoms with Crippen LogP contribution in [-0.4, -0.2) is 30.1 Å². The summed E-state index contributed by atoms with van der Waals surface area (Å²) in [6.45, 7) is 6.07. The van der Waals surface area contributed by atoms with Gasteiger partial charge in [-0.15, -0.1) is 0 Å². The molecule has 100 valence electrons. The molecule has 0 radical (unpaired) electrons. The Balaban J connectivity index is 2.16. The minimum atomic E-state index is -0.492. The average Bonchev–Trinajstić information content (AvgIpc) is 2.28. The van der Waals surface area contributed by atoms with Gasteiger partial charge in [0.15, 0.2) is 0 Å². The number of rotatable bonds is 2. The number of halogens is 3. The zero-order valence-corrected chi connectivity index (χ0v) is 12.1. The Kier molecular flexibility index (Phi) is 4.35. The Morgan fingerprint density at radius 2 is 1.89 bits per heavy atom. The SMILES string of the molecule is CC1CN(Cc2c(F)ccc(Br)c2F)CC(C)N1. The summed E-state index contributed by atoms with van der Waals surface area (Å²) in [5.41, 5.74) is 0.144. The molecule has 2 nitrogen and oxygen atoms in total. The fraction of sp³-hybridized carbons (Fsp3) is 0.538. The minimum absolute atomic E-state index is 0.144.